The quantitative estimate of drug-likeness (QED) is 0.862. The molecule has 1 heterocycles. The molecule has 2 rings (SSSR count). The molecule has 1 aromatic carbocycles. The summed E-state index contributed by atoms with van der Waals surface area (Å²) in [4.78, 5) is 0. The van der Waals surface area contributed by atoms with Gasteiger partial charge in [0.15, 0.2) is 0 Å². The maximum Gasteiger partial charge on any atom is 0.416 e. The second-order valence-corrected chi connectivity index (χ2v) is 4.70. The first-order valence-corrected chi connectivity index (χ1v) is 6.41. The number of nitriles is 2. The second kappa shape index (κ2) is 6.42. The zero-order valence-electron chi connectivity index (χ0n) is 11.3. The number of hydrogen-bond acceptors (Lipinski definition) is 4. The van der Waals surface area contributed by atoms with Crippen LogP contribution in [0.15, 0.2) is 42.4 Å². The van der Waals surface area contributed by atoms with E-state index in [0.29, 0.717) is 5.02 Å². The predicted molar refractivity (Wildman–Crippen MR) is 76.5 cm³/mol. The van der Waals surface area contributed by atoms with Gasteiger partial charge in [0.25, 0.3) is 0 Å². The number of benzene rings is 1. The topological polar surface area (TPSA) is 77.4 Å². The highest BCUT2D eigenvalue weighted by atomic mass is 35.5. The van der Waals surface area contributed by atoms with Gasteiger partial charge < -0.3 is 5.32 Å². The van der Waals surface area contributed by atoms with E-state index in [-0.39, 0.29) is 16.9 Å². The Morgan fingerprint density at radius 2 is 2.00 bits per heavy atom. The molecule has 5 nitrogen and oxygen atoms in total. The van der Waals surface area contributed by atoms with Crippen molar-refractivity contribution >= 4 is 17.3 Å². The monoisotopic (exact) mass is 337 g/mol. The van der Waals surface area contributed by atoms with Gasteiger partial charge >= 0.3 is 6.18 Å². The van der Waals surface area contributed by atoms with Gasteiger partial charge in [-0.2, -0.15) is 28.8 Å². The number of allylic oxidation sites excluding steroid dienone is 1. The lowest BCUT2D eigenvalue weighted by molar-refractivity contribution is -0.137. The van der Waals surface area contributed by atoms with Crippen LogP contribution in [0.1, 0.15) is 5.56 Å². The van der Waals surface area contributed by atoms with E-state index in [1.54, 1.807) is 12.1 Å². The molecule has 0 radical (unpaired) electrons. The lowest BCUT2D eigenvalue weighted by Crippen LogP contribution is -2.08. The van der Waals surface area contributed by atoms with Gasteiger partial charge in [0.05, 0.1) is 28.2 Å². The van der Waals surface area contributed by atoms with Gasteiger partial charge in [-0.15, -0.1) is 0 Å². The molecule has 0 amide bonds. The van der Waals surface area contributed by atoms with Crippen LogP contribution < -0.4 is 5.32 Å². The molecule has 0 unspecified atom stereocenters. The normalized spacial score (nSPS) is 10.5. The van der Waals surface area contributed by atoms with Crippen LogP contribution in [0.3, 0.4) is 0 Å². The molecule has 0 aliphatic rings. The summed E-state index contributed by atoms with van der Waals surface area (Å²) in [6.45, 7) is 0. The van der Waals surface area contributed by atoms with Gasteiger partial charge in [-0.05, 0) is 18.2 Å². The Bertz CT molecular complexity index is 823. The van der Waals surface area contributed by atoms with Gasteiger partial charge in [-0.25, -0.2) is 4.68 Å². The largest absolute Gasteiger partial charge is 0.416 e. The molecule has 1 N–H and O–H groups in total. The molecule has 2 aromatic rings. The summed E-state index contributed by atoms with van der Waals surface area (Å²) in [7, 11) is 0. The summed E-state index contributed by atoms with van der Waals surface area (Å²) in [5.74, 6) is 0. The summed E-state index contributed by atoms with van der Waals surface area (Å²) in [5.41, 5.74) is -0.878. The number of hydrogen-bond donors (Lipinski definition) is 1. The van der Waals surface area contributed by atoms with Crippen molar-refractivity contribution in [1.82, 2.24) is 9.78 Å². The molecule has 0 atom stereocenters. The molecular formula is C14H7ClF3N5. The SMILES string of the molecule is N#CC(C#N)=CNc1cc(C(F)(F)F)ccc1-n1cc(Cl)cn1. The number of nitrogens with zero attached hydrogens (tertiary/aromatic N) is 4. The van der Waals surface area contributed by atoms with Crippen molar-refractivity contribution in [2.24, 2.45) is 0 Å². The Morgan fingerprint density at radius 1 is 1.30 bits per heavy atom. The van der Waals surface area contributed by atoms with E-state index in [9.17, 15) is 13.2 Å². The average molecular weight is 338 g/mol. The summed E-state index contributed by atoms with van der Waals surface area (Å²) >= 11 is 5.76. The van der Waals surface area contributed by atoms with Crippen molar-refractivity contribution in [2.75, 3.05) is 5.32 Å². The Labute approximate surface area is 133 Å². The highest BCUT2D eigenvalue weighted by molar-refractivity contribution is 6.30. The zero-order valence-corrected chi connectivity index (χ0v) is 12.0. The van der Waals surface area contributed by atoms with E-state index in [0.717, 1.165) is 18.3 Å². The minimum absolute atomic E-state index is 0.0163. The standard InChI is InChI=1S/C14H7ClF3N5/c15-11-7-22-23(8-11)13-2-1-10(14(16,17)18)3-12(13)21-6-9(4-19)5-20/h1-3,6-8,21H. The first kappa shape index (κ1) is 16.4. The van der Waals surface area contributed by atoms with Crippen molar-refractivity contribution in [3.8, 4) is 17.8 Å². The molecule has 0 spiro atoms. The van der Waals surface area contributed by atoms with E-state index in [2.05, 4.69) is 10.4 Å². The first-order chi connectivity index (χ1) is 10.8. The van der Waals surface area contributed by atoms with Crippen LogP contribution in [0, 0.1) is 22.7 Å². The van der Waals surface area contributed by atoms with E-state index in [4.69, 9.17) is 22.1 Å². The fourth-order valence-corrected chi connectivity index (χ4v) is 1.84. The third-order valence-electron chi connectivity index (χ3n) is 2.73. The lowest BCUT2D eigenvalue weighted by atomic mass is 10.1. The van der Waals surface area contributed by atoms with Crippen LogP contribution in [0.25, 0.3) is 5.69 Å². The second-order valence-electron chi connectivity index (χ2n) is 4.26. The maximum absolute atomic E-state index is 12.8. The number of halogens is 4. The molecule has 0 bridgehead atoms. The molecule has 23 heavy (non-hydrogen) atoms. The average Bonchev–Trinajstić information content (AvgIpc) is 2.93. The highest BCUT2D eigenvalue weighted by Gasteiger charge is 2.31. The third-order valence-corrected chi connectivity index (χ3v) is 2.93. The third kappa shape index (κ3) is 3.82. The van der Waals surface area contributed by atoms with Crippen LogP contribution in [0.4, 0.5) is 18.9 Å². The molecular weight excluding hydrogens is 331 g/mol. The van der Waals surface area contributed by atoms with Crippen LogP contribution in [-0.2, 0) is 6.18 Å². The molecule has 0 aliphatic carbocycles. The Kier molecular flexibility index (Phi) is 4.58. The molecule has 1 aromatic heterocycles. The van der Waals surface area contributed by atoms with E-state index in [1.165, 1.54) is 23.1 Å². The summed E-state index contributed by atoms with van der Waals surface area (Å²) in [6, 6.07) is 6.17. The van der Waals surface area contributed by atoms with Crippen LogP contribution in [0.2, 0.25) is 5.02 Å². The van der Waals surface area contributed by atoms with Crippen molar-refractivity contribution in [3.05, 3.63) is 53.0 Å². The smallest absolute Gasteiger partial charge is 0.358 e. The van der Waals surface area contributed by atoms with E-state index in [1.807, 2.05) is 0 Å². The van der Waals surface area contributed by atoms with Crippen LogP contribution in [0.5, 0.6) is 0 Å². The predicted octanol–water partition coefficient (Wildman–Crippen LogP) is 3.89. The molecule has 0 fully saturated rings. The Morgan fingerprint density at radius 3 is 2.52 bits per heavy atom. The minimum Gasteiger partial charge on any atom is -0.358 e. The van der Waals surface area contributed by atoms with Crippen molar-refractivity contribution < 1.29 is 13.2 Å². The molecule has 0 saturated heterocycles. The van der Waals surface area contributed by atoms with Gasteiger partial charge in [0.1, 0.15) is 17.7 Å². The van der Waals surface area contributed by atoms with E-state index >= 15 is 0 Å². The summed E-state index contributed by atoms with van der Waals surface area (Å²) in [6.07, 6.45) is -0.777. The van der Waals surface area contributed by atoms with Crippen molar-refractivity contribution in [2.45, 2.75) is 6.18 Å². The minimum atomic E-state index is -4.53. The molecule has 9 heteroatoms. The number of anilines is 1. The Balaban J connectivity index is 2.52. The van der Waals surface area contributed by atoms with Gasteiger partial charge in [0.2, 0.25) is 0 Å². The number of alkyl halides is 3. The molecule has 0 saturated carbocycles. The fraction of sp³-hybridized carbons (Fsp3) is 0.0714. The number of aromatic nitrogens is 2. The van der Waals surface area contributed by atoms with Crippen molar-refractivity contribution in [3.63, 3.8) is 0 Å². The highest BCUT2D eigenvalue weighted by Crippen LogP contribution is 2.33. The summed E-state index contributed by atoms with van der Waals surface area (Å²) in [5, 5.41) is 24.1. The van der Waals surface area contributed by atoms with Crippen molar-refractivity contribution in [1.29, 1.82) is 10.5 Å². The van der Waals surface area contributed by atoms with Crippen LogP contribution in [-0.4, -0.2) is 9.78 Å². The van der Waals surface area contributed by atoms with Gasteiger partial charge in [-0.3, -0.25) is 0 Å². The Hall–Kier alpha value is -2.97. The molecule has 116 valence electrons. The lowest BCUT2D eigenvalue weighted by Gasteiger charge is -2.13. The number of rotatable bonds is 3. The number of nitrogens with one attached hydrogen (secondary N) is 1. The first-order valence-electron chi connectivity index (χ1n) is 6.04. The zero-order chi connectivity index (χ0) is 17.0. The van der Waals surface area contributed by atoms with E-state index < -0.39 is 11.7 Å². The fourth-order valence-electron chi connectivity index (χ4n) is 1.70. The summed E-state index contributed by atoms with van der Waals surface area (Å²) < 4.78 is 39.8. The molecule has 0 aliphatic heterocycles. The van der Waals surface area contributed by atoms with Gasteiger partial charge in [0, 0.05) is 12.4 Å². The van der Waals surface area contributed by atoms with Crippen LogP contribution >= 0.6 is 11.6 Å². The van der Waals surface area contributed by atoms with Gasteiger partial charge in [-0.1, -0.05) is 11.6 Å². The maximum atomic E-state index is 12.8.